The van der Waals surface area contributed by atoms with Crippen molar-refractivity contribution in [1.29, 1.82) is 0 Å². The molecule has 0 aliphatic carbocycles. The van der Waals surface area contributed by atoms with Crippen molar-refractivity contribution in [3.8, 4) is 17.2 Å². The van der Waals surface area contributed by atoms with E-state index in [0.29, 0.717) is 29.4 Å². The molecule has 0 saturated carbocycles. The van der Waals surface area contributed by atoms with Crippen molar-refractivity contribution < 1.29 is 23.8 Å². The molecular formula is C26H27N3O5. The molecular weight excluding hydrogens is 434 g/mol. The smallest absolute Gasteiger partial charge is 0.271 e. The monoisotopic (exact) mass is 461 g/mol. The summed E-state index contributed by atoms with van der Waals surface area (Å²) in [5, 5.41) is 6.77. The second kappa shape index (κ2) is 12.1. The minimum Gasteiger partial charge on any atom is -0.493 e. The van der Waals surface area contributed by atoms with Gasteiger partial charge in [0.05, 0.1) is 19.9 Å². The highest BCUT2D eigenvalue weighted by atomic mass is 16.5. The molecule has 8 heteroatoms. The molecule has 0 unspecified atom stereocenters. The molecule has 34 heavy (non-hydrogen) atoms. The second-order valence-electron chi connectivity index (χ2n) is 7.27. The number of benzene rings is 3. The van der Waals surface area contributed by atoms with Gasteiger partial charge in [0, 0.05) is 11.3 Å². The Balaban J connectivity index is 1.48. The Labute approximate surface area is 198 Å². The molecule has 0 aliphatic heterocycles. The highest BCUT2D eigenvalue weighted by Crippen LogP contribution is 2.28. The van der Waals surface area contributed by atoms with Crippen molar-refractivity contribution in [2.75, 3.05) is 25.6 Å². The van der Waals surface area contributed by atoms with Crippen molar-refractivity contribution in [3.63, 3.8) is 0 Å². The van der Waals surface area contributed by atoms with E-state index in [1.807, 2.05) is 38.1 Å². The zero-order chi connectivity index (χ0) is 24.3. The summed E-state index contributed by atoms with van der Waals surface area (Å²) in [6.07, 6.45) is 1.51. The summed E-state index contributed by atoms with van der Waals surface area (Å²) in [6.45, 7) is 4.24. The van der Waals surface area contributed by atoms with Crippen LogP contribution in [0.25, 0.3) is 0 Å². The van der Waals surface area contributed by atoms with Gasteiger partial charge in [-0.2, -0.15) is 5.10 Å². The molecule has 0 saturated heterocycles. The van der Waals surface area contributed by atoms with Crippen molar-refractivity contribution in [1.82, 2.24) is 5.43 Å². The van der Waals surface area contributed by atoms with Gasteiger partial charge >= 0.3 is 0 Å². The number of nitrogens with zero attached hydrogens (tertiary/aromatic N) is 1. The van der Waals surface area contributed by atoms with E-state index < -0.39 is 0 Å². The molecule has 0 heterocycles. The van der Waals surface area contributed by atoms with Gasteiger partial charge in [0.1, 0.15) is 5.75 Å². The number of rotatable bonds is 10. The third-order valence-corrected chi connectivity index (χ3v) is 4.69. The van der Waals surface area contributed by atoms with Crippen LogP contribution >= 0.6 is 0 Å². The predicted molar refractivity (Wildman–Crippen MR) is 131 cm³/mol. The molecule has 0 atom stereocenters. The van der Waals surface area contributed by atoms with Crippen LogP contribution in [0, 0.1) is 6.92 Å². The van der Waals surface area contributed by atoms with Gasteiger partial charge in [-0.15, -0.1) is 0 Å². The van der Waals surface area contributed by atoms with Crippen LogP contribution < -0.4 is 25.0 Å². The van der Waals surface area contributed by atoms with Crippen LogP contribution in [-0.4, -0.2) is 38.4 Å². The summed E-state index contributed by atoms with van der Waals surface area (Å²) < 4.78 is 16.2. The fraction of sp³-hybridized carbons (Fsp3) is 0.192. The van der Waals surface area contributed by atoms with E-state index in [-0.39, 0.29) is 18.4 Å². The number of nitrogens with one attached hydrogen (secondary N) is 2. The van der Waals surface area contributed by atoms with Gasteiger partial charge in [0.25, 0.3) is 11.8 Å². The number of hydrogen-bond donors (Lipinski definition) is 2. The van der Waals surface area contributed by atoms with Crippen LogP contribution in [0.1, 0.15) is 28.4 Å². The normalized spacial score (nSPS) is 10.6. The molecule has 3 aromatic rings. The highest BCUT2D eigenvalue weighted by Gasteiger charge is 2.10. The molecule has 3 rings (SSSR count). The minimum absolute atomic E-state index is 0.108. The van der Waals surface area contributed by atoms with Gasteiger partial charge in [-0.1, -0.05) is 17.7 Å². The van der Waals surface area contributed by atoms with E-state index in [2.05, 4.69) is 15.8 Å². The van der Waals surface area contributed by atoms with Crippen LogP contribution in [0.15, 0.2) is 71.8 Å². The van der Waals surface area contributed by atoms with E-state index in [1.54, 1.807) is 42.5 Å². The Kier molecular flexibility index (Phi) is 8.62. The quantitative estimate of drug-likeness (QED) is 0.349. The number of carbonyl (C=O) groups is 2. The minimum atomic E-state index is -0.378. The van der Waals surface area contributed by atoms with Crippen molar-refractivity contribution in [2.24, 2.45) is 5.10 Å². The van der Waals surface area contributed by atoms with Crippen LogP contribution in [-0.2, 0) is 4.79 Å². The molecule has 0 radical (unpaired) electrons. The first-order valence-corrected chi connectivity index (χ1v) is 10.7. The molecule has 0 spiro atoms. The lowest BCUT2D eigenvalue weighted by molar-refractivity contribution is -0.118. The maximum Gasteiger partial charge on any atom is 0.271 e. The topological polar surface area (TPSA) is 98.3 Å². The number of hydrogen-bond acceptors (Lipinski definition) is 6. The Morgan fingerprint density at radius 3 is 2.35 bits per heavy atom. The molecule has 176 valence electrons. The number of amides is 2. The summed E-state index contributed by atoms with van der Waals surface area (Å²) in [6, 6.07) is 19.4. The largest absolute Gasteiger partial charge is 0.493 e. The number of carbonyl (C=O) groups excluding carboxylic acids is 2. The maximum absolute atomic E-state index is 12.3. The molecule has 0 aromatic heterocycles. The lowest BCUT2D eigenvalue weighted by Gasteiger charge is -2.10. The van der Waals surface area contributed by atoms with Gasteiger partial charge in [-0.25, -0.2) is 5.43 Å². The van der Waals surface area contributed by atoms with Crippen LogP contribution in [0.5, 0.6) is 17.2 Å². The number of aryl methyl sites for hydroxylation is 1. The third-order valence-electron chi connectivity index (χ3n) is 4.69. The van der Waals surface area contributed by atoms with E-state index in [4.69, 9.17) is 14.2 Å². The fourth-order valence-corrected chi connectivity index (χ4v) is 2.95. The number of ether oxygens (including phenoxy) is 3. The fourth-order valence-electron chi connectivity index (χ4n) is 2.95. The molecule has 0 fully saturated rings. The lowest BCUT2D eigenvalue weighted by atomic mass is 10.2. The van der Waals surface area contributed by atoms with Crippen LogP contribution in [0.2, 0.25) is 0 Å². The first kappa shape index (κ1) is 24.3. The Bertz CT molecular complexity index is 1140. The number of methoxy groups -OCH3 is 1. The average molecular weight is 462 g/mol. The Morgan fingerprint density at radius 2 is 1.68 bits per heavy atom. The van der Waals surface area contributed by atoms with Crippen molar-refractivity contribution >= 4 is 23.7 Å². The summed E-state index contributed by atoms with van der Waals surface area (Å²) in [4.78, 5) is 24.4. The highest BCUT2D eigenvalue weighted by molar-refractivity contribution is 5.95. The molecule has 3 aromatic carbocycles. The van der Waals surface area contributed by atoms with Crippen LogP contribution in [0.3, 0.4) is 0 Å². The molecule has 2 amide bonds. The van der Waals surface area contributed by atoms with Gasteiger partial charge in [0.15, 0.2) is 18.1 Å². The summed E-state index contributed by atoms with van der Waals surface area (Å²) >= 11 is 0. The molecule has 8 nitrogen and oxygen atoms in total. The van der Waals surface area contributed by atoms with Crippen molar-refractivity contribution in [2.45, 2.75) is 13.8 Å². The molecule has 2 N–H and O–H groups in total. The molecule has 0 bridgehead atoms. The van der Waals surface area contributed by atoms with Crippen LogP contribution in [0.4, 0.5) is 5.69 Å². The standard InChI is InChI=1S/C26H27N3O5/c1-4-33-23-14-9-20(15-24(23)32-3)26(31)29-27-16-19-7-12-22(13-8-19)34-17-25(30)28-21-10-5-18(2)6-11-21/h5-16H,4,17H2,1-3H3,(H,28,30)(H,29,31)/b27-16+. The zero-order valence-electron chi connectivity index (χ0n) is 19.3. The Morgan fingerprint density at radius 1 is 0.941 bits per heavy atom. The summed E-state index contributed by atoms with van der Waals surface area (Å²) in [5.41, 5.74) is 5.46. The van der Waals surface area contributed by atoms with Gasteiger partial charge < -0.3 is 19.5 Å². The second-order valence-corrected chi connectivity index (χ2v) is 7.27. The maximum atomic E-state index is 12.3. The zero-order valence-corrected chi connectivity index (χ0v) is 19.3. The Hall–Kier alpha value is -4.33. The first-order valence-electron chi connectivity index (χ1n) is 10.7. The summed E-state index contributed by atoms with van der Waals surface area (Å²) in [7, 11) is 1.52. The summed E-state index contributed by atoms with van der Waals surface area (Å²) in [5.74, 6) is 0.962. The SMILES string of the molecule is CCOc1ccc(C(=O)N/N=C/c2ccc(OCC(=O)Nc3ccc(C)cc3)cc2)cc1OC. The van der Waals surface area contributed by atoms with Gasteiger partial charge in [-0.05, 0) is 74.0 Å². The van der Waals surface area contributed by atoms with Crippen molar-refractivity contribution in [3.05, 3.63) is 83.4 Å². The molecule has 0 aliphatic rings. The number of anilines is 1. The van der Waals surface area contributed by atoms with E-state index in [0.717, 1.165) is 16.8 Å². The third kappa shape index (κ3) is 7.09. The lowest BCUT2D eigenvalue weighted by Crippen LogP contribution is -2.20. The first-order chi connectivity index (χ1) is 16.5. The van der Waals surface area contributed by atoms with Gasteiger partial charge in [-0.3, -0.25) is 9.59 Å². The van der Waals surface area contributed by atoms with E-state index >= 15 is 0 Å². The average Bonchev–Trinajstić information content (AvgIpc) is 2.85. The predicted octanol–water partition coefficient (Wildman–Crippen LogP) is 4.18. The number of hydrazone groups is 1. The van der Waals surface area contributed by atoms with Gasteiger partial charge in [0.2, 0.25) is 0 Å². The van der Waals surface area contributed by atoms with E-state index in [9.17, 15) is 9.59 Å². The van der Waals surface area contributed by atoms with E-state index in [1.165, 1.54) is 13.3 Å².